The molecule has 1 unspecified atom stereocenters. The van der Waals surface area contributed by atoms with E-state index in [0.717, 1.165) is 11.3 Å². The highest BCUT2D eigenvalue weighted by Gasteiger charge is 2.22. The number of thiazole rings is 1. The summed E-state index contributed by atoms with van der Waals surface area (Å²) in [5, 5.41) is 3.63. The summed E-state index contributed by atoms with van der Waals surface area (Å²) in [5.41, 5.74) is 0.0791. The smallest absolute Gasteiger partial charge is 0.358 e. The third-order valence-corrected chi connectivity index (χ3v) is 3.44. The van der Waals surface area contributed by atoms with Crippen LogP contribution in [-0.2, 0) is 9.47 Å². The van der Waals surface area contributed by atoms with E-state index in [4.69, 9.17) is 9.47 Å². The predicted octanol–water partition coefficient (Wildman–Crippen LogP) is 2.36. The first-order valence-electron chi connectivity index (χ1n) is 6.52. The molecule has 0 radical (unpaired) electrons. The third kappa shape index (κ3) is 4.57. The fourth-order valence-electron chi connectivity index (χ4n) is 1.51. The van der Waals surface area contributed by atoms with Gasteiger partial charge in [-0.05, 0) is 20.8 Å². The number of ketones is 1. The minimum atomic E-state index is -0.570. The monoisotopic (exact) mass is 300 g/mol. The molecule has 112 valence electrons. The molecule has 1 N–H and O–H groups in total. The fraction of sp³-hybridized carbons (Fsp3) is 0.615. The van der Waals surface area contributed by atoms with Crippen LogP contribution in [-0.4, -0.2) is 42.6 Å². The summed E-state index contributed by atoms with van der Waals surface area (Å²) in [6.07, 6.45) is 0. The molecule has 0 spiro atoms. The Morgan fingerprint density at radius 2 is 2.05 bits per heavy atom. The SMILES string of the molecule is CCOCC(C)Nc1nc(C(=O)OCC)c(C(C)=O)s1. The minimum absolute atomic E-state index is 0.0379. The van der Waals surface area contributed by atoms with Crippen LogP contribution in [0, 0.1) is 0 Å². The number of carbonyl (C=O) groups excluding carboxylic acids is 2. The molecule has 0 amide bonds. The van der Waals surface area contributed by atoms with Crippen LogP contribution in [0.5, 0.6) is 0 Å². The van der Waals surface area contributed by atoms with Gasteiger partial charge in [0, 0.05) is 19.6 Å². The van der Waals surface area contributed by atoms with Crippen molar-refractivity contribution in [1.29, 1.82) is 0 Å². The van der Waals surface area contributed by atoms with E-state index in [1.54, 1.807) is 6.92 Å². The number of esters is 1. The van der Waals surface area contributed by atoms with E-state index >= 15 is 0 Å². The van der Waals surface area contributed by atoms with E-state index < -0.39 is 5.97 Å². The van der Waals surface area contributed by atoms with Gasteiger partial charge in [0.05, 0.1) is 13.2 Å². The quantitative estimate of drug-likeness (QED) is 0.586. The minimum Gasteiger partial charge on any atom is -0.461 e. The van der Waals surface area contributed by atoms with Crippen molar-refractivity contribution in [3.8, 4) is 0 Å². The maximum atomic E-state index is 11.8. The molecule has 1 aromatic heterocycles. The summed E-state index contributed by atoms with van der Waals surface area (Å²) in [4.78, 5) is 27.8. The van der Waals surface area contributed by atoms with Crippen LogP contribution < -0.4 is 5.32 Å². The Bertz CT molecular complexity index is 473. The van der Waals surface area contributed by atoms with E-state index in [9.17, 15) is 9.59 Å². The number of hydrogen-bond donors (Lipinski definition) is 1. The molecular formula is C13H20N2O4S. The zero-order valence-corrected chi connectivity index (χ0v) is 13.0. The van der Waals surface area contributed by atoms with Crippen LogP contribution >= 0.6 is 11.3 Å². The van der Waals surface area contributed by atoms with E-state index in [2.05, 4.69) is 10.3 Å². The van der Waals surface area contributed by atoms with Crippen LogP contribution in [0.2, 0.25) is 0 Å². The lowest BCUT2D eigenvalue weighted by molar-refractivity contribution is 0.0517. The lowest BCUT2D eigenvalue weighted by Gasteiger charge is -2.11. The number of anilines is 1. The van der Waals surface area contributed by atoms with Crippen molar-refractivity contribution < 1.29 is 19.1 Å². The largest absolute Gasteiger partial charge is 0.461 e. The van der Waals surface area contributed by atoms with Crippen LogP contribution in [0.1, 0.15) is 47.9 Å². The lowest BCUT2D eigenvalue weighted by atomic mass is 10.3. The Hall–Kier alpha value is -1.47. The van der Waals surface area contributed by atoms with Gasteiger partial charge in [0.2, 0.25) is 0 Å². The fourth-order valence-corrected chi connectivity index (χ4v) is 2.47. The molecule has 0 aliphatic rings. The molecule has 0 fully saturated rings. The Labute approximate surface area is 122 Å². The third-order valence-electron chi connectivity index (χ3n) is 2.36. The van der Waals surface area contributed by atoms with Crippen LogP contribution in [0.25, 0.3) is 0 Å². The summed E-state index contributed by atoms with van der Waals surface area (Å²) in [5.74, 6) is -0.768. The van der Waals surface area contributed by atoms with Gasteiger partial charge in [-0.1, -0.05) is 11.3 Å². The average molecular weight is 300 g/mol. The van der Waals surface area contributed by atoms with Gasteiger partial charge in [-0.2, -0.15) is 0 Å². The highest BCUT2D eigenvalue weighted by molar-refractivity contribution is 7.17. The molecule has 20 heavy (non-hydrogen) atoms. The molecule has 7 heteroatoms. The van der Waals surface area contributed by atoms with Crippen molar-refractivity contribution in [3.05, 3.63) is 10.6 Å². The molecule has 0 saturated carbocycles. The molecule has 0 aliphatic carbocycles. The Morgan fingerprint density at radius 3 is 2.60 bits per heavy atom. The molecule has 0 bridgehead atoms. The average Bonchev–Trinajstić information content (AvgIpc) is 2.80. The van der Waals surface area contributed by atoms with Gasteiger partial charge >= 0.3 is 5.97 Å². The lowest BCUT2D eigenvalue weighted by Crippen LogP contribution is -2.21. The number of nitrogens with one attached hydrogen (secondary N) is 1. The van der Waals surface area contributed by atoms with Crippen molar-refractivity contribution in [2.75, 3.05) is 25.1 Å². The molecule has 0 saturated heterocycles. The number of rotatable bonds is 8. The molecule has 1 rings (SSSR count). The topological polar surface area (TPSA) is 77.5 Å². The highest BCUT2D eigenvalue weighted by Crippen LogP contribution is 2.25. The molecule has 0 aromatic carbocycles. The van der Waals surface area contributed by atoms with Crippen molar-refractivity contribution >= 4 is 28.2 Å². The first-order valence-corrected chi connectivity index (χ1v) is 7.34. The summed E-state index contributed by atoms with van der Waals surface area (Å²) in [7, 11) is 0. The van der Waals surface area contributed by atoms with Gasteiger partial charge < -0.3 is 14.8 Å². The number of carbonyl (C=O) groups is 2. The Morgan fingerprint density at radius 1 is 1.35 bits per heavy atom. The number of aromatic nitrogens is 1. The zero-order valence-electron chi connectivity index (χ0n) is 12.2. The molecular weight excluding hydrogens is 280 g/mol. The second-order valence-corrected chi connectivity index (χ2v) is 5.18. The van der Waals surface area contributed by atoms with Crippen molar-refractivity contribution in [2.24, 2.45) is 0 Å². The summed E-state index contributed by atoms with van der Waals surface area (Å²) in [6, 6.07) is 0.0379. The van der Waals surface area contributed by atoms with Crippen LogP contribution in [0.4, 0.5) is 5.13 Å². The molecule has 6 nitrogen and oxygen atoms in total. The van der Waals surface area contributed by atoms with Crippen molar-refractivity contribution in [3.63, 3.8) is 0 Å². The highest BCUT2D eigenvalue weighted by atomic mass is 32.1. The molecule has 0 aliphatic heterocycles. The number of Topliss-reactive ketones (excluding diaryl/α,β-unsaturated/α-hetero) is 1. The Balaban J connectivity index is 2.86. The number of nitrogens with zero attached hydrogens (tertiary/aromatic N) is 1. The maximum absolute atomic E-state index is 11.8. The summed E-state index contributed by atoms with van der Waals surface area (Å²) < 4.78 is 10.2. The van der Waals surface area contributed by atoms with E-state index in [1.165, 1.54) is 6.92 Å². The number of hydrogen-bond acceptors (Lipinski definition) is 7. The van der Waals surface area contributed by atoms with Gasteiger partial charge in [-0.3, -0.25) is 4.79 Å². The Kier molecular flexibility index (Phi) is 6.60. The summed E-state index contributed by atoms with van der Waals surface area (Å²) >= 11 is 1.16. The molecule has 1 heterocycles. The standard InChI is InChI=1S/C13H20N2O4S/c1-5-18-7-8(3)14-13-15-10(12(17)19-6-2)11(20-13)9(4)16/h8H,5-7H2,1-4H3,(H,14,15). The number of ether oxygens (including phenoxy) is 2. The summed E-state index contributed by atoms with van der Waals surface area (Å²) in [6.45, 7) is 8.39. The predicted molar refractivity (Wildman–Crippen MR) is 77.7 cm³/mol. The van der Waals surface area contributed by atoms with Gasteiger partial charge in [-0.15, -0.1) is 0 Å². The van der Waals surface area contributed by atoms with Crippen molar-refractivity contribution in [2.45, 2.75) is 33.7 Å². The second kappa shape index (κ2) is 7.96. The second-order valence-electron chi connectivity index (χ2n) is 4.18. The van der Waals surface area contributed by atoms with E-state index in [-0.39, 0.29) is 24.1 Å². The van der Waals surface area contributed by atoms with Gasteiger partial charge in [-0.25, -0.2) is 9.78 Å². The van der Waals surface area contributed by atoms with Gasteiger partial charge in [0.1, 0.15) is 4.88 Å². The van der Waals surface area contributed by atoms with Gasteiger partial charge in [0.25, 0.3) is 0 Å². The first kappa shape index (κ1) is 16.6. The van der Waals surface area contributed by atoms with Gasteiger partial charge in [0.15, 0.2) is 16.6 Å². The van der Waals surface area contributed by atoms with Crippen LogP contribution in [0.15, 0.2) is 0 Å². The first-order chi connectivity index (χ1) is 9.49. The van der Waals surface area contributed by atoms with E-state index in [1.807, 2.05) is 13.8 Å². The van der Waals surface area contributed by atoms with Crippen LogP contribution in [0.3, 0.4) is 0 Å². The van der Waals surface area contributed by atoms with E-state index in [0.29, 0.717) is 23.2 Å². The van der Waals surface area contributed by atoms with Crippen molar-refractivity contribution in [1.82, 2.24) is 4.98 Å². The normalized spacial score (nSPS) is 12.0. The zero-order chi connectivity index (χ0) is 15.1. The maximum Gasteiger partial charge on any atom is 0.358 e. The molecule has 1 aromatic rings. The molecule has 1 atom stereocenters.